The molecule has 0 fully saturated rings. The van der Waals surface area contributed by atoms with Crippen molar-refractivity contribution in [2.45, 2.75) is 32.1 Å². The fourth-order valence-electron chi connectivity index (χ4n) is 4.10. The second-order valence-electron chi connectivity index (χ2n) is 8.61. The maximum atomic E-state index is 10.8. The van der Waals surface area contributed by atoms with Gasteiger partial charge < -0.3 is 19.4 Å². The number of aliphatic hydroxyl groups is 1. The van der Waals surface area contributed by atoms with Crippen LogP contribution in [0, 0.1) is 6.92 Å². The summed E-state index contributed by atoms with van der Waals surface area (Å²) in [6, 6.07) is 25.9. The monoisotopic (exact) mass is 460 g/mol. The molecule has 4 rings (SSSR count). The molecule has 0 saturated heterocycles. The van der Waals surface area contributed by atoms with Gasteiger partial charge in [-0.1, -0.05) is 65.8 Å². The Hall–Kier alpha value is -3.35. The Labute approximate surface area is 201 Å². The fourth-order valence-corrected chi connectivity index (χ4v) is 4.10. The van der Waals surface area contributed by atoms with E-state index in [1.54, 1.807) is 7.11 Å². The van der Waals surface area contributed by atoms with Gasteiger partial charge in [0.1, 0.15) is 30.3 Å². The number of oxime groups is 1. The van der Waals surface area contributed by atoms with Crippen LogP contribution in [0.1, 0.15) is 23.1 Å². The first-order chi connectivity index (χ1) is 16.6. The first kappa shape index (κ1) is 23.8. The Balaban J connectivity index is 1.39. The molecule has 2 atom stereocenters. The lowest BCUT2D eigenvalue weighted by Crippen LogP contribution is -2.39. The molecule has 1 N–H and O–H groups in total. The zero-order valence-corrected chi connectivity index (χ0v) is 19.8. The smallest absolute Gasteiger partial charge is 0.145 e. The fraction of sp³-hybridized carbons (Fsp3) is 0.321. The van der Waals surface area contributed by atoms with Crippen molar-refractivity contribution >= 4 is 5.71 Å². The van der Waals surface area contributed by atoms with E-state index in [4.69, 9.17) is 14.3 Å². The molecule has 0 unspecified atom stereocenters. The summed E-state index contributed by atoms with van der Waals surface area (Å²) in [5.41, 5.74) is 4.19. The van der Waals surface area contributed by atoms with Crippen molar-refractivity contribution in [2.24, 2.45) is 5.16 Å². The largest absolute Gasteiger partial charge is 0.497 e. The minimum Gasteiger partial charge on any atom is -0.497 e. The van der Waals surface area contributed by atoms with Crippen molar-refractivity contribution in [3.8, 4) is 11.5 Å². The van der Waals surface area contributed by atoms with Crippen LogP contribution in [0.5, 0.6) is 11.5 Å². The molecule has 3 aromatic carbocycles. The lowest BCUT2D eigenvalue weighted by atomic mass is 10.0. The molecule has 0 aromatic heterocycles. The number of aryl methyl sites for hydroxylation is 1. The molecule has 1 aliphatic heterocycles. The maximum Gasteiger partial charge on any atom is 0.145 e. The normalized spacial score (nSPS) is 16.1. The van der Waals surface area contributed by atoms with Gasteiger partial charge in [0.2, 0.25) is 0 Å². The number of para-hydroxylation sites is 1. The number of hydrogen-bond donors (Lipinski definition) is 1. The summed E-state index contributed by atoms with van der Waals surface area (Å²) in [4.78, 5) is 7.96. The molecule has 0 bridgehead atoms. The van der Waals surface area contributed by atoms with Gasteiger partial charge in [-0.3, -0.25) is 4.90 Å². The lowest BCUT2D eigenvalue weighted by molar-refractivity contribution is 0.0212. The van der Waals surface area contributed by atoms with Crippen LogP contribution < -0.4 is 9.47 Å². The van der Waals surface area contributed by atoms with Crippen LogP contribution in [0.25, 0.3) is 0 Å². The minimum absolute atomic E-state index is 0.0784. The Morgan fingerprint density at radius 1 is 1.06 bits per heavy atom. The summed E-state index contributed by atoms with van der Waals surface area (Å²) in [7, 11) is 1.67. The van der Waals surface area contributed by atoms with Gasteiger partial charge in [-0.05, 0) is 41.8 Å². The topological polar surface area (TPSA) is 63.5 Å². The van der Waals surface area contributed by atoms with Gasteiger partial charge in [-0.2, -0.15) is 0 Å². The molecule has 0 amide bonds. The molecular formula is C28H32N2O4. The Kier molecular flexibility index (Phi) is 8.17. The number of ether oxygens (including phenoxy) is 2. The summed E-state index contributed by atoms with van der Waals surface area (Å²) in [6.07, 6.45) is 0.000427. The first-order valence-electron chi connectivity index (χ1n) is 11.6. The SMILES string of the molecule is COc1cccc(CN(C[C@@H](O)COc2ccccc2C)C[C@H]2CC(c3ccccc3)=NO2)c1. The molecule has 0 radical (unpaired) electrons. The maximum absolute atomic E-state index is 10.8. The first-order valence-corrected chi connectivity index (χ1v) is 11.6. The van der Waals surface area contributed by atoms with E-state index in [1.165, 1.54) is 0 Å². The van der Waals surface area contributed by atoms with E-state index in [9.17, 15) is 5.11 Å². The molecule has 0 aliphatic carbocycles. The van der Waals surface area contributed by atoms with Crippen molar-refractivity contribution in [3.63, 3.8) is 0 Å². The summed E-state index contributed by atoms with van der Waals surface area (Å²) >= 11 is 0. The van der Waals surface area contributed by atoms with Gasteiger partial charge in [0, 0.05) is 26.1 Å². The number of methoxy groups -OCH3 is 1. The molecule has 6 heteroatoms. The number of nitrogens with zero attached hydrogens (tertiary/aromatic N) is 2. The summed E-state index contributed by atoms with van der Waals surface area (Å²) in [5, 5.41) is 15.1. The highest BCUT2D eigenvalue weighted by Crippen LogP contribution is 2.21. The molecule has 0 spiro atoms. The highest BCUT2D eigenvalue weighted by molar-refractivity contribution is 6.01. The van der Waals surface area contributed by atoms with E-state index in [0.29, 0.717) is 19.6 Å². The van der Waals surface area contributed by atoms with E-state index in [2.05, 4.69) is 16.1 Å². The van der Waals surface area contributed by atoms with Crippen molar-refractivity contribution in [2.75, 3.05) is 26.8 Å². The number of benzene rings is 3. The summed E-state index contributed by atoms with van der Waals surface area (Å²) in [6.45, 7) is 3.95. The van der Waals surface area contributed by atoms with Crippen LogP contribution >= 0.6 is 0 Å². The molecule has 3 aromatic rings. The molecule has 178 valence electrons. The highest BCUT2D eigenvalue weighted by Gasteiger charge is 2.26. The summed E-state index contributed by atoms with van der Waals surface area (Å²) < 4.78 is 11.3. The van der Waals surface area contributed by atoms with Crippen LogP contribution in [0.3, 0.4) is 0 Å². The van der Waals surface area contributed by atoms with Crippen LogP contribution in [0.15, 0.2) is 84.0 Å². The summed E-state index contributed by atoms with van der Waals surface area (Å²) in [5.74, 6) is 1.61. The third-order valence-corrected chi connectivity index (χ3v) is 5.84. The van der Waals surface area contributed by atoms with Crippen LogP contribution in [-0.2, 0) is 11.4 Å². The second-order valence-corrected chi connectivity index (χ2v) is 8.61. The van der Waals surface area contributed by atoms with Crippen molar-refractivity contribution in [1.82, 2.24) is 4.90 Å². The minimum atomic E-state index is -0.652. The van der Waals surface area contributed by atoms with Gasteiger partial charge >= 0.3 is 0 Å². The predicted octanol–water partition coefficient (Wildman–Crippen LogP) is 4.44. The zero-order chi connectivity index (χ0) is 23.8. The van der Waals surface area contributed by atoms with Crippen molar-refractivity contribution < 1.29 is 19.4 Å². The van der Waals surface area contributed by atoms with Gasteiger partial charge in [-0.15, -0.1) is 0 Å². The molecule has 34 heavy (non-hydrogen) atoms. The Morgan fingerprint density at radius 3 is 2.65 bits per heavy atom. The average Bonchev–Trinajstić information content (AvgIpc) is 3.32. The zero-order valence-electron chi connectivity index (χ0n) is 19.8. The lowest BCUT2D eigenvalue weighted by Gasteiger charge is -2.27. The van der Waals surface area contributed by atoms with Gasteiger partial charge in [-0.25, -0.2) is 0 Å². The molecule has 1 heterocycles. The second kappa shape index (κ2) is 11.7. The number of rotatable bonds is 11. The van der Waals surface area contributed by atoms with E-state index in [1.807, 2.05) is 79.7 Å². The van der Waals surface area contributed by atoms with E-state index >= 15 is 0 Å². The van der Waals surface area contributed by atoms with Crippen LogP contribution in [-0.4, -0.2) is 54.7 Å². The highest BCUT2D eigenvalue weighted by atomic mass is 16.6. The third kappa shape index (κ3) is 6.59. The van der Waals surface area contributed by atoms with Gasteiger partial charge in [0.15, 0.2) is 0 Å². The Morgan fingerprint density at radius 2 is 1.85 bits per heavy atom. The molecule has 6 nitrogen and oxygen atoms in total. The van der Waals surface area contributed by atoms with Gasteiger partial charge in [0.05, 0.1) is 12.8 Å². The number of hydrogen-bond acceptors (Lipinski definition) is 6. The predicted molar refractivity (Wildman–Crippen MR) is 133 cm³/mol. The Bertz CT molecular complexity index is 1090. The van der Waals surface area contributed by atoms with E-state index in [0.717, 1.165) is 40.3 Å². The van der Waals surface area contributed by atoms with Crippen LogP contribution in [0.4, 0.5) is 0 Å². The van der Waals surface area contributed by atoms with Crippen molar-refractivity contribution in [3.05, 3.63) is 95.6 Å². The van der Waals surface area contributed by atoms with Crippen LogP contribution in [0.2, 0.25) is 0 Å². The molecule has 0 saturated carbocycles. The standard InChI is InChI=1S/C28H32N2O4/c1-21-9-6-7-14-28(21)33-20-24(31)18-30(17-22-10-8-13-25(15-22)32-2)19-26-16-27(29-34-26)23-11-4-3-5-12-23/h3-15,24,26,31H,16-20H2,1-2H3/t24-,26-/m1/s1. The third-order valence-electron chi connectivity index (χ3n) is 5.84. The van der Waals surface area contributed by atoms with E-state index in [-0.39, 0.29) is 12.7 Å². The van der Waals surface area contributed by atoms with Gasteiger partial charge in [0.25, 0.3) is 0 Å². The van der Waals surface area contributed by atoms with E-state index < -0.39 is 6.10 Å². The quantitative estimate of drug-likeness (QED) is 0.458. The average molecular weight is 461 g/mol. The molecular weight excluding hydrogens is 428 g/mol. The van der Waals surface area contributed by atoms with Crippen molar-refractivity contribution in [1.29, 1.82) is 0 Å². The molecule has 1 aliphatic rings. The number of aliphatic hydroxyl groups excluding tert-OH is 1.